The molecule has 1 heteroatoms. The van der Waals surface area contributed by atoms with Crippen LogP contribution in [0.5, 0.6) is 0 Å². The Bertz CT molecular complexity index is 835. The largest absolute Gasteiger partial charge is 0.330 e. The first-order valence-corrected chi connectivity index (χ1v) is 13.9. The van der Waals surface area contributed by atoms with E-state index in [-0.39, 0.29) is 0 Å². The summed E-state index contributed by atoms with van der Waals surface area (Å²) in [6, 6.07) is 0. The number of fused-ring (bicyclic) bond motifs is 7. The number of nitrogens with two attached hydrogens (primary N) is 1. The Labute approximate surface area is 199 Å². The smallest absolute Gasteiger partial charge is 0.00175 e. The van der Waals surface area contributed by atoms with Gasteiger partial charge in [0.15, 0.2) is 0 Å². The van der Waals surface area contributed by atoms with Crippen molar-refractivity contribution in [2.24, 2.45) is 62.4 Å². The zero-order chi connectivity index (χ0) is 23.3. The van der Waals surface area contributed by atoms with Gasteiger partial charge in [0.05, 0.1) is 0 Å². The van der Waals surface area contributed by atoms with Crippen molar-refractivity contribution in [2.75, 3.05) is 6.54 Å². The van der Waals surface area contributed by atoms with Crippen molar-refractivity contribution >= 4 is 0 Å². The van der Waals surface area contributed by atoms with Gasteiger partial charge in [-0.3, -0.25) is 0 Å². The van der Waals surface area contributed by atoms with Crippen molar-refractivity contribution in [3.05, 3.63) is 23.8 Å². The molecule has 0 bridgehead atoms. The number of allylic oxidation sites excluding steroid dienone is 3. The van der Waals surface area contributed by atoms with Gasteiger partial charge in [-0.1, -0.05) is 58.4 Å². The van der Waals surface area contributed by atoms with Gasteiger partial charge in [0.25, 0.3) is 0 Å². The minimum absolute atomic E-state index is 0.351. The van der Waals surface area contributed by atoms with Crippen LogP contribution in [0, 0.1) is 56.7 Å². The summed E-state index contributed by atoms with van der Waals surface area (Å²) in [5.41, 5.74) is 11.8. The lowest BCUT2D eigenvalue weighted by Crippen LogP contribution is -2.65. The molecule has 180 valence electrons. The predicted octanol–water partition coefficient (Wildman–Crippen LogP) is 8.16. The van der Waals surface area contributed by atoms with Gasteiger partial charge < -0.3 is 5.73 Å². The predicted molar refractivity (Wildman–Crippen MR) is 137 cm³/mol. The van der Waals surface area contributed by atoms with E-state index in [0.29, 0.717) is 33.0 Å². The lowest BCUT2D eigenvalue weighted by atomic mass is 9.32. The summed E-state index contributed by atoms with van der Waals surface area (Å²) in [5, 5.41) is 0. The molecule has 32 heavy (non-hydrogen) atoms. The molecule has 5 aliphatic carbocycles. The van der Waals surface area contributed by atoms with Gasteiger partial charge in [-0.05, 0) is 135 Å². The maximum absolute atomic E-state index is 6.59. The quantitative estimate of drug-likeness (QED) is 0.433. The van der Waals surface area contributed by atoms with Gasteiger partial charge >= 0.3 is 0 Å². The van der Waals surface area contributed by atoms with Crippen LogP contribution in [-0.2, 0) is 0 Å². The Morgan fingerprint density at radius 1 is 0.938 bits per heavy atom. The lowest BCUT2D eigenvalue weighted by Gasteiger charge is -2.72. The Kier molecular flexibility index (Phi) is 5.07. The van der Waals surface area contributed by atoms with Crippen LogP contribution < -0.4 is 5.73 Å². The molecule has 9 atom stereocenters. The number of hydrogen-bond donors (Lipinski definition) is 1. The van der Waals surface area contributed by atoms with E-state index in [4.69, 9.17) is 5.73 Å². The molecule has 0 saturated heterocycles. The summed E-state index contributed by atoms with van der Waals surface area (Å²) in [5.74, 6) is 4.00. The summed E-state index contributed by atoms with van der Waals surface area (Å²) in [6.07, 6.45) is 15.1. The average molecular weight is 438 g/mol. The second-order valence-electron chi connectivity index (χ2n) is 14.6. The Balaban J connectivity index is 1.56. The second-order valence-corrected chi connectivity index (χ2v) is 14.6. The maximum Gasteiger partial charge on any atom is -0.00175 e. The first-order chi connectivity index (χ1) is 14.9. The summed E-state index contributed by atoms with van der Waals surface area (Å²) in [7, 11) is 0. The molecule has 0 amide bonds. The van der Waals surface area contributed by atoms with E-state index >= 15 is 0 Å². The monoisotopic (exact) mass is 437 g/mol. The van der Waals surface area contributed by atoms with E-state index in [1.807, 2.05) is 0 Å². The number of rotatable bonds is 2. The van der Waals surface area contributed by atoms with Crippen molar-refractivity contribution in [1.82, 2.24) is 0 Å². The van der Waals surface area contributed by atoms with Crippen LogP contribution in [0.15, 0.2) is 23.8 Å². The van der Waals surface area contributed by atoms with Gasteiger partial charge in [0.1, 0.15) is 0 Å². The zero-order valence-corrected chi connectivity index (χ0v) is 22.3. The highest BCUT2D eigenvalue weighted by atomic mass is 14.8. The highest BCUT2D eigenvalue weighted by Gasteiger charge is 2.70. The van der Waals surface area contributed by atoms with Crippen LogP contribution in [0.2, 0.25) is 0 Å². The first kappa shape index (κ1) is 23.2. The van der Waals surface area contributed by atoms with Crippen molar-refractivity contribution in [1.29, 1.82) is 0 Å². The van der Waals surface area contributed by atoms with Gasteiger partial charge in [-0.2, -0.15) is 0 Å². The molecule has 0 spiro atoms. The highest BCUT2D eigenvalue weighted by molar-refractivity contribution is 5.26. The third-order valence-electron chi connectivity index (χ3n) is 13.6. The zero-order valence-electron chi connectivity index (χ0n) is 22.3. The normalized spacial score (nSPS) is 54.0. The van der Waals surface area contributed by atoms with Crippen LogP contribution >= 0.6 is 0 Å². The van der Waals surface area contributed by atoms with Crippen molar-refractivity contribution in [3.63, 3.8) is 0 Å². The second kappa shape index (κ2) is 6.99. The minimum atomic E-state index is 0.351. The van der Waals surface area contributed by atoms with E-state index < -0.39 is 0 Å². The molecule has 2 N–H and O–H groups in total. The van der Waals surface area contributed by atoms with Crippen molar-refractivity contribution in [3.8, 4) is 0 Å². The minimum Gasteiger partial charge on any atom is -0.330 e. The average Bonchev–Trinajstić information content (AvgIpc) is 3.12. The Morgan fingerprint density at radius 2 is 1.66 bits per heavy atom. The van der Waals surface area contributed by atoms with Crippen LogP contribution in [0.3, 0.4) is 0 Å². The molecule has 5 rings (SSSR count). The van der Waals surface area contributed by atoms with E-state index in [1.54, 1.807) is 5.57 Å². The van der Waals surface area contributed by atoms with Crippen LogP contribution in [0.25, 0.3) is 0 Å². The third kappa shape index (κ3) is 2.61. The van der Waals surface area contributed by atoms with Gasteiger partial charge in [0, 0.05) is 0 Å². The van der Waals surface area contributed by atoms with Gasteiger partial charge in [-0.25, -0.2) is 0 Å². The summed E-state index contributed by atoms with van der Waals surface area (Å²) in [6.45, 7) is 23.4. The van der Waals surface area contributed by atoms with Gasteiger partial charge in [0.2, 0.25) is 0 Å². The molecule has 4 saturated carbocycles. The molecule has 4 fully saturated rings. The third-order valence-corrected chi connectivity index (χ3v) is 13.6. The SMILES string of the molecule is C=C(C)[C@@H]1CC[C@]2(CN)CC[C@]3(C)[C@H](CC[C@@H]4[C@@]5(C)CC=C(C)C(C)(C)[C@@H]5CC[C@]43C)[C@@H]12. The summed E-state index contributed by atoms with van der Waals surface area (Å²) < 4.78 is 0. The van der Waals surface area contributed by atoms with Crippen LogP contribution in [-0.4, -0.2) is 6.54 Å². The molecule has 0 aromatic carbocycles. The molecular formula is C31H51N. The standard InChI is InChI=1S/C31H51N/c1-20(2)22-12-16-31(19-32)18-17-29(7)23(26(22)31)9-10-25-28(6)14-11-21(3)27(4,5)24(28)13-15-30(25,29)8/h11,22-26H,1,9-10,12-19,32H2,2-8H3/t22-,23+,24-,25+,26+,28-,29+,30+,31+/m0/s1. The van der Waals surface area contributed by atoms with Crippen LogP contribution in [0.4, 0.5) is 0 Å². The Morgan fingerprint density at radius 3 is 2.31 bits per heavy atom. The fraction of sp³-hybridized carbons (Fsp3) is 0.871. The van der Waals surface area contributed by atoms with E-state index in [0.717, 1.165) is 30.2 Å². The molecule has 0 aromatic heterocycles. The lowest BCUT2D eigenvalue weighted by molar-refractivity contribution is -0.226. The summed E-state index contributed by atoms with van der Waals surface area (Å²) in [4.78, 5) is 0. The molecule has 0 aromatic rings. The highest BCUT2D eigenvalue weighted by Crippen LogP contribution is 2.77. The van der Waals surface area contributed by atoms with E-state index in [2.05, 4.69) is 61.1 Å². The van der Waals surface area contributed by atoms with Crippen LogP contribution in [0.1, 0.15) is 106 Å². The molecule has 0 radical (unpaired) electrons. The molecule has 0 unspecified atom stereocenters. The molecule has 0 aliphatic heterocycles. The summed E-state index contributed by atoms with van der Waals surface area (Å²) >= 11 is 0. The van der Waals surface area contributed by atoms with Gasteiger partial charge in [-0.15, -0.1) is 0 Å². The molecule has 1 nitrogen and oxygen atoms in total. The van der Waals surface area contributed by atoms with E-state index in [1.165, 1.54) is 63.4 Å². The van der Waals surface area contributed by atoms with Crippen molar-refractivity contribution < 1.29 is 0 Å². The Hall–Kier alpha value is -0.560. The fourth-order valence-electron chi connectivity index (χ4n) is 11.4. The topological polar surface area (TPSA) is 26.0 Å². The molecular weight excluding hydrogens is 386 g/mol. The number of hydrogen-bond acceptors (Lipinski definition) is 1. The van der Waals surface area contributed by atoms with E-state index in [9.17, 15) is 0 Å². The van der Waals surface area contributed by atoms with Crippen molar-refractivity contribution in [2.45, 2.75) is 106 Å². The molecule has 5 aliphatic rings. The maximum atomic E-state index is 6.59. The first-order valence-electron chi connectivity index (χ1n) is 13.9. The molecule has 0 heterocycles. The fourth-order valence-corrected chi connectivity index (χ4v) is 11.4.